The Balaban J connectivity index is 1.41. The van der Waals surface area contributed by atoms with Gasteiger partial charge in [0.05, 0.1) is 40.9 Å². The Morgan fingerprint density at radius 1 is 1.12 bits per heavy atom. The van der Waals surface area contributed by atoms with Crippen LogP contribution in [-0.4, -0.2) is 49.8 Å². The summed E-state index contributed by atoms with van der Waals surface area (Å²) in [6, 6.07) is 17.8. The van der Waals surface area contributed by atoms with Gasteiger partial charge in [0.25, 0.3) is 5.69 Å². The minimum atomic E-state index is -1.02. The van der Waals surface area contributed by atoms with E-state index in [1.54, 1.807) is 37.4 Å². The van der Waals surface area contributed by atoms with Gasteiger partial charge in [-0.05, 0) is 67.7 Å². The van der Waals surface area contributed by atoms with Crippen LogP contribution in [0, 0.1) is 27.9 Å². The standard InChI is InChI=1S/C32H31N3O7/c1-19-15-24-30(32(40)34(31(24)39)22-8-6-9-23(17-22)35(41)42)25(18-36)29(19)28(38)13-12-20(26-10-4-5-14-33-26)16-21-7-2-3-11-27(21)37/h2-11,14,16-17,24-25,28,30,36-38H,12-13,15,18H2,1H3/b20-16-/t24-,25+,28-,30-/m1/s1. The first kappa shape index (κ1) is 28.8. The number of benzene rings is 2. The topological polar surface area (TPSA) is 154 Å². The highest BCUT2D eigenvalue weighted by Crippen LogP contribution is 2.47. The molecule has 1 aliphatic heterocycles. The van der Waals surface area contributed by atoms with E-state index in [1.807, 2.05) is 24.3 Å². The predicted molar refractivity (Wildman–Crippen MR) is 156 cm³/mol. The predicted octanol–water partition coefficient (Wildman–Crippen LogP) is 4.51. The summed E-state index contributed by atoms with van der Waals surface area (Å²) < 4.78 is 0. The van der Waals surface area contributed by atoms with Gasteiger partial charge in [-0.2, -0.15) is 0 Å². The molecule has 1 saturated heterocycles. The number of imide groups is 1. The third-order valence-electron chi connectivity index (χ3n) is 8.13. The number of aliphatic hydroxyl groups excluding tert-OH is 2. The second-order valence-electron chi connectivity index (χ2n) is 10.6. The number of fused-ring (bicyclic) bond motifs is 1. The number of allylic oxidation sites excluding steroid dienone is 2. The first-order chi connectivity index (χ1) is 20.2. The molecule has 2 aromatic carbocycles. The minimum absolute atomic E-state index is 0.111. The Kier molecular flexibility index (Phi) is 8.28. The van der Waals surface area contributed by atoms with E-state index in [-0.39, 0.29) is 30.0 Å². The van der Waals surface area contributed by atoms with Gasteiger partial charge in [0.2, 0.25) is 11.8 Å². The van der Waals surface area contributed by atoms with Crippen LogP contribution in [0.2, 0.25) is 0 Å². The molecule has 3 N–H and O–H groups in total. The van der Waals surface area contributed by atoms with Crippen LogP contribution in [0.25, 0.3) is 11.6 Å². The van der Waals surface area contributed by atoms with Crippen molar-refractivity contribution in [2.45, 2.75) is 32.3 Å². The molecular formula is C32H31N3O7. The summed E-state index contributed by atoms with van der Waals surface area (Å²) in [6.07, 6.45) is 3.31. The lowest BCUT2D eigenvalue weighted by molar-refractivity contribution is -0.384. The largest absolute Gasteiger partial charge is 0.507 e. The molecule has 0 unspecified atom stereocenters. The first-order valence-electron chi connectivity index (χ1n) is 13.7. The Morgan fingerprint density at radius 2 is 1.88 bits per heavy atom. The quantitative estimate of drug-likeness (QED) is 0.147. The van der Waals surface area contributed by atoms with Gasteiger partial charge in [-0.3, -0.25) is 24.7 Å². The van der Waals surface area contributed by atoms with Crippen LogP contribution < -0.4 is 4.90 Å². The average Bonchev–Trinajstić information content (AvgIpc) is 3.24. The van der Waals surface area contributed by atoms with Gasteiger partial charge < -0.3 is 15.3 Å². The number of phenolic OH excluding ortho intramolecular Hbond substituents is 1. The second kappa shape index (κ2) is 12.1. The number of carbonyl (C=O) groups is 2. The number of nitro groups is 1. The highest BCUT2D eigenvalue weighted by molar-refractivity contribution is 6.22. The van der Waals surface area contributed by atoms with E-state index < -0.39 is 47.2 Å². The number of aliphatic hydroxyl groups is 2. The van der Waals surface area contributed by atoms with Gasteiger partial charge in [0.15, 0.2) is 0 Å². The van der Waals surface area contributed by atoms with Crippen molar-refractivity contribution in [3.8, 4) is 5.75 Å². The summed E-state index contributed by atoms with van der Waals surface area (Å²) in [7, 11) is 0. The van der Waals surface area contributed by atoms with Crippen LogP contribution >= 0.6 is 0 Å². The molecule has 2 amide bonds. The van der Waals surface area contributed by atoms with Crippen LogP contribution in [0.3, 0.4) is 0 Å². The number of nitrogens with zero attached hydrogens (tertiary/aromatic N) is 3. The number of pyridine rings is 1. The average molecular weight is 570 g/mol. The molecule has 0 radical (unpaired) electrons. The molecule has 0 spiro atoms. The molecule has 2 aliphatic rings. The van der Waals surface area contributed by atoms with E-state index in [2.05, 4.69) is 4.98 Å². The summed E-state index contributed by atoms with van der Waals surface area (Å²) in [4.78, 5) is 43.2. The molecule has 3 aromatic rings. The molecule has 0 bridgehead atoms. The van der Waals surface area contributed by atoms with E-state index in [4.69, 9.17) is 0 Å². The summed E-state index contributed by atoms with van der Waals surface area (Å²) in [6.45, 7) is 1.34. The number of non-ortho nitro benzene ring substituents is 1. The van der Waals surface area contributed by atoms with Crippen molar-refractivity contribution in [3.05, 3.63) is 105 Å². The number of nitro benzene ring substituents is 1. The zero-order valence-corrected chi connectivity index (χ0v) is 23.0. The Morgan fingerprint density at radius 3 is 2.57 bits per heavy atom. The van der Waals surface area contributed by atoms with Crippen LogP contribution in [0.4, 0.5) is 11.4 Å². The highest BCUT2D eigenvalue weighted by Gasteiger charge is 2.55. The van der Waals surface area contributed by atoms with Crippen LogP contribution in [0.1, 0.15) is 37.4 Å². The first-order valence-corrected chi connectivity index (χ1v) is 13.7. The normalized spacial score (nSPS) is 21.5. The fourth-order valence-electron chi connectivity index (χ4n) is 6.19. The highest BCUT2D eigenvalue weighted by atomic mass is 16.6. The van der Waals surface area contributed by atoms with E-state index in [1.165, 1.54) is 24.3 Å². The monoisotopic (exact) mass is 569 g/mol. The number of anilines is 1. The van der Waals surface area contributed by atoms with Gasteiger partial charge in [0.1, 0.15) is 5.75 Å². The van der Waals surface area contributed by atoms with Crippen LogP contribution in [0.5, 0.6) is 5.75 Å². The van der Waals surface area contributed by atoms with E-state index in [9.17, 15) is 35.0 Å². The number of hydrogen-bond donors (Lipinski definition) is 3. The number of para-hydroxylation sites is 1. The molecule has 0 saturated carbocycles. The fourth-order valence-corrected chi connectivity index (χ4v) is 6.19. The molecule has 10 heteroatoms. The molecule has 1 aromatic heterocycles. The maximum Gasteiger partial charge on any atom is 0.271 e. The zero-order valence-electron chi connectivity index (χ0n) is 23.0. The lowest BCUT2D eigenvalue weighted by Crippen LogP contribution is -2.38. The SMILES string of the molecule is CC1=C([C@H](O)CC/C(=C/c2ccccc2O)c2ccccn2)[C@H](CO)[C@@H]2C(=O)N(c3cccc([N+](=O)[O-])c3)C(=O)[C@@H]2C1. The molecule has 2 heterocycles. The molecule has 10 nitrogen and oxygen atoms in total. The number of amides is 2. The summed E-state index contributed by atoms with van der Waals surface area (Å²) in [5.74, 6) is -3.34. The molecule has 42 heavy (non-hydrogen) atoms. The second-order valence-corrected chi connectivity index (χ2v) is 10.6. The van der Waals surface area contributed by atoms with E-state index >= 15 is 0 Å². The van der Waals surface area contributed by atoms with Crippen LogP contribution in [-0.2, 0) is 9.59 Å². The lowest BCUT2D eigenvalue weighted by atomic mass is 9.68. The number of carbonyl (C=O) groups excluding carboxylic acids is 2. The van der Waals surface area contributed by atoms with Gasteiger partial charge >= 0.3 is 0 Å². The maximum absolute atomic E-state index is 13.6. The number of phenols is 1. The third-order valence-corrected chi connectivity index (χ3v) is 8.13. The number of hydrogen-bond acceptors (Lipinski definition) is 8. The molecule has 4 atom stereocenters. The van der Waals surface area contributed by atoms with Crippen molar-refractivity contribution in [3.63, 3.8) is 0 Å². The molecule has 1 aliphatic carbocycles. The van der Waals surface area contributed by atoms with Crippen molar-refractivity contribution in [2.24, 2.45) is 17.8 Å². The van der Waals surface area contributed by atoms with Gasteiger partial charge in [0, 0.05) is 29.8 Å². The summed E-state index contributed by atoms with van der Waals surface area (Å²) >= 11 is 0. The Labute approximate surface area is 242 Å². The maximum atomic E-state index is 13.6. The number of aromatic hydroxyl groups is 1. The Hall–Kier alpha value is -4.67. The molecule has 1 fully saturated rings. The fraction of sp³-hybridized carbons (Fsp3) is 0.281. The van der Waals surface area contributed by atoms with Crippen molar-refractivity contribution < 1.29 is 29.8 Å². The van der Waals surface area contributed by atoms with Crippen molar-refractivity contribution in [1.29, 1.82) is 0 Å². The summed E-state index contributed by atoms with van der Waals surface area (Å²) in [5, 5.41) is 43.5. The van der Waals surface area contributed by atoms with Gasteiger partial charge in [-0.15, -0.1) is 0 Å². The van der Waals surface area contributed by atoms with Gasteiger partial charge in [-0.1, -0.05) is 35.9 Å². The molecule has 216 valence electrons. The van der Waals surface area contributed by atoms with E-state index in [0.717, 1.165) is 16.0 Å². The van der Waals surface area contributed by atoms with Crippen LogP contribution in [0.15, 0.2) is 84.1 Å². The molecular weight excluding hydrogens is 538 g/mol. The number of rotatable bonds is 9. The van der Waals surface area contributed by atoms with E-state index in [0.29, 0.717) is 23.3 Å². The van der Waals surface area contributed by atoms with Crippen molar-refractivity contribution in [2.75, 3.05) is 11.5 Å². The minimum Gasteiger partial charge on any atom is -0.507 e. The summed E-state index contributed by atoms with van der Waals surface area (Å²) in [5.41, 5.74) is 3.20. The van der Waals surface area contributed by atoms with Crippen molar-refractivity contribution in [1.82, 2.24) is 4.98 Å². The number of aromatic nitrogens is 1. The third kappa shape index (κ3) is 5.46. The molecule has 5 rings (SSSR count). The Bertz CT molecular complexity index is 1580. The van der Waals surface area contributed by atoms with Crippen molar-refractivity contribution >= 4 is 34.8 Å². The zero-order chi connectivity index (χ0) is 30.0. The van der Waals surface area contributed by atoms with Gasteiger partial charge in [-0.25, -0.2) is 4.90 Å². The smallest absolute Gasteiger partial charge is 0.271 e. The lowest BCUT2D eigenvalue weighted by Gasteiger charge is -2.35.